The van der Waals surface area contributed by atoms with Crippen LogP contribution in [0.15, 0.2) is 29.1 Å². The molecule has 3 rings (SSSR count). The van der Waals surface area contributed by atoms with Crippen LogP contribution in [-0.2, 0) is 11.3 Å². The number of nitrogens with zero attached hydrogens (tertiary/aromatic N) is 2. The Kier molecular flexibility index (Phi) is 3.79. The van der Waals surface area contributed by atoms with E-state index in [1.807, 2.05) is 17.7 Å². The minimum atomic E-state index is -0.209. The summed E-state index contributed by atoms with van der Waals surface area (Å²) < 4.78 is 13.0. The lowest BCUT2D eigenvalue weighted by Gasteiger charge is -2.20. The number of aromatic nitrogens is 2. The first-order valence-corrected chi connectivity index (χ1v) is 7.18. The van der Waals surface area contributed by atoms with Crippen LogP contribution in [-0.4, -0.2) is 28.1 Å². The largest absolute Gasteiger partial charge is 0.459 e. The van der Waals surface area contributed by atoms with Crippen molar-refractivity contribution in [3.63, 3.8) is 0 Å². The van der Waals surface area contributed by atoms with Crippen LogP contribution in [0.2, 0.25) is 0 Å². The number of rotatable bonds is 4. The van der Waals surface area contributed by atoms with Crippen LogP contribution < -0.4 is 5.32 Å². The standard InChI is InChI=1S/C15H19N3O3/c1-3-18-7-6-16-14(18)13-11(5-9-21-13)17-15(19)12-10(2)4-8-20-12/h4,6-8,11,13H,3,5,9H2,1-2H3,(H,17,19)/t11-,13-/m0/s1. The van der Waals surface area contributed by atoms with Crippen molar-refractivity contribution >= 4 is 5.91 Å². The Morgan fingerprint density at radius 3 is 3.14 bits per heavy atom. The lowest BCUT2D eigenvalue weighted by molar-refractivity contribution is 0.0759. The molecule has 1 saturated heterocycles. The molecule has 112 valence electrons. The molecule has 3 heterocycles. The number of aryl methyl sites for hydroxylation is 2. The molecule has 2 aromatic rings. The summed E-state index contributed by atoms with van der Waals surface area (Å²) in [6.45, 7) is 5.35. The molecular weight excluding hydrogens is 270 g/mol. The Morgan fingerprint density at radius 2 is 2.43 bits per heavy atom. The molecule has 0 aromatic carbocycles. The van der Waals surface area contributed by atoms with Gasteiger partial charge in [0.05, 0.1) is 12.3 Å². The second-order valence-corrected chi connectivity index (χ2v) is 5.16. The summed E-state index contributed by atoms with van der Waals surface area (Å²) in [5.41, 5.74) is 0.832. The predicted octanol–water partition coefficient (Wildman–Crippen LogP) is 2.06. The molecule has 6 nitrogen and oxygen atoms in total. The minimum absolute atomic E-state index is 0.0882. The predicted molar refractivity (Wildman–Crippen MR) is 75.9 cm³/mol. The van der Waals surface area contributed by atoms with Gasteiger partial charge in [-0.25, -0.2) is 4.98 Å². The molecular formula is C15H19N3O3. The first-order valence-electron chi connectivity index (χ1n) is 7.18. The Balaban J connectivity index is 1.76. The van der Waals surface area contributed by atoms with Crippen LogP contribution in [0, 0.1) is 6.92 Å². The minimum Gasteiger partial charge on any atom is -0.459 e. The van der Waals surface area contributed by atoms with E-state index in [1.54, 1.807) is 12.3 Å². The third kappa shape index (κ3) is 2.58. The maximum Gasteiger partial charge on any atom is 0.287 e. The molecule has 21 heavy (non-hydrogen) atoms. The van der Waals surface area contributed by atoms with Gasteiger partial charge in [0, 0.05) is 31.1 Å². The van der Waals surface area contributed by atoms with Crippen molar-refractivity contribution in [2.75, 3.05) is 6.61 Å². The van der Waals surface area contributed by atoms with E-state index in [0.717, 1.165) is 24.4 Å². The summed E-state index contributed by atoms with van der Waals surface area (Å²) in [6.07, 6.45) is 5.77. The van der Waals surface area contributed by atoms with E-state index in [-0.39, 0.29) is 18.1 Å². The van der Waals surface area contributed by atoms with Gasteiger partial charge < -0.3 is 19.0 Å². The summed E-state index contributed by atoms with van der Waals surface area (Å²) in [7, 11) is 0. The van der Waals surface area contributed by atoms with E-state index in [4.69, 9.17) is 9.15 Å². The molecule has 0 unspecified atom stereocenters. The zero-order valence-corrected chi connectivity index (χ0v) is 12.2. The normalized spacial score (nSPS) is 21.6. The molecule has 1 N–H and O–H groups in total. The fraction of sp³-hybridized carbons (Fsp3) is 0.467. The van der Waals surface area contributed by atoms with Crippen LogP contribution in [0.5, 0.6) is 0 Å². The SMILES string of the molecule is CCn1ccnc1[C@H]1OCC[C@@H]1NC(=O)c1occc1C. The molecule has 0 radical (unpaired) electrons. The van der Waals surface area contributed by atoms with Crippen molar-refractivity contribution < 1.29 is 13.9 Å². The highest BCUT2D eigenvalue weighted by Crippen LogP contribution is 2.28. The molecule has 0 spiro atoms. The van der Waals surface area contributed by atoms with E-state index in [1.165, 1.54) is 6.26 Å². The quantitative estimate of drug-likeness (QED) is 0.935. The van der Waals surface area contributed by atoms with E-state index in [9.17, 15) is 4.79 Å². The van der Waals surface area contributed by atoms with Crippen LogP contribution in [0.1, 0.15) is 41.4 Å². The maximum absolute atomic E-state index is 12.3. The summed E-state index contributed by atoms with van der Waals surface area (Å²) in [6, 6.07) is 1.69. The Hall–Kier alpha value is -2.08. The van der Waals surface area contributed by atoms with Gasteiger partial charge in [-0.2, -0.15) is 0 Å². The number of carbonyl (C=O) groups is 1. The van der Waals surface area contributed by atoms with Gasteiger partial charge in [0.15, 0.2) is 5.76 Å². The number of imidazole rings is 1. The Bertz CT molecular complexity index is 632. The van der Waals surface area contributed by atoms with Crippen LogP contribution in [0.25, 0.3) is 0 Å². The molecule has 2 aromatic heterocycles. The smallest absolute Gasteiger partial charge is 0.287 e. The summed E-state index contributed by atoms with van der Waals surface area (Å²) >= 11 is 0. The summed E-state index contributed by atoms with van der Waals surface area (Å²) in [4.78, 5) is 16.6. The molecule has 1 aliphatic rings. The van der Waals surface area contributed by atoms with Crippen molar-refractivity contribution in [3.8, 4) is 0 Å². The van der Waals surface area contributed by atoms with Crippen LogP contribution in [0.4, 0.5) is 0 Å². The number of hydrogen-bond acceptors (Lipinski definition) is 4. The molecule has 6 heteroatoms. The fourth-order valence-electron chi connectivity index (χ4n) is 2.68. The molecule has 0 bridgehead atoms. The van der Waals surface area contributed by atoms with E-state index < -0.39 is 0 Å². The van der Waals surface area contributed by atoms with Crippen molar-refractivity contribution in [1.29, 1.82) is 0 Å². The third-order valence-electron chi connectivity index (χ3n) is 3.82. The number of furan rings is 1. The highest BCUT2D eigenvalue weighted by atomic mass is 16.5. The van der Waals surface area contributed by atoms with Crippen LogP contribution >= 0.6 is 0 Å². The number of amides is 1. The van der Waals surface area contributed by atoms with Crippen molar-refractivity contribution in [2.24, 2.45) is 0 Å². The van der Waals surface area contributed by atoms with Gasteiger partial charge >= 0.3 is 0 Å². The Labute approximate surface area is 123 Å². The van der Waals surface area contributed by atoms with Gasteiger partial charge in [0.1, 0.15) is 11.9 Å². The zero-order valence-electron chi connectivity index (χ0n) is 12.2. The molecule has 2 atom stereocenters. The van der Waals surface area contributed by atoms with Gasteiger partial charge in [0.2, 0.25) is 0 Å². The lowest BCUT2D eigenvalue weighted by Crippen LogP contribution is -2.37. The molecule has 1 aliphatic heterocycles. The van der Waals surface area contributed by atoms with Gasteiger partial charge in [-0.05, 0) is 26.3 Å². The third-order valence-corrected chi connectivity index (χ3v) is 3.82. The molecule has 0 saturated carbocycles. The monoisotopic (exact) mass is 289 g/mol. The first kappa shape index (κ1) is 13.9. The maximum atomic E-state index is 12.3. The highest BCUT2D eigenvalue weighted by Gasteiger charge is 2.34. The van der Waals surface area contributed by atoms with E-state index in [2.05, 4.69) is 17.2 Å². The number of hydrogen-bond donors (Lipinski definition) is 1. The van der Waals surface area contributed by atoms with E-state index in [0.29, 0.717) is 12.4 Å². The Morgan fingerprint density at radius 1 is 1.57 bits per heavy atom. The van der Waals surface area contributed by atoms with Crippen molar-refractivity contribution in [2.45, 2.75) is 39.0 Å². The van der Waals surface area contributed by atoms with Gasteiger partial charge in [-0.3, -0.25) is 4.79 Å². The number of nitrogens with one attached hydrogen (secondary N) is 1. The number of ether oxygens (including phenoxy) is 1. The second-order valence-electron chi connectivity index (χ2n) is 5.16. The van der Waals surface area contributed by atoms with Gasteiger partial charge in [-0.15, -0.1) is 0 Å². The second kappa shape index (κ2) is 5.73. The molecule has 1 fully saturated rings. The molecule has 1 amide bonds. The average Bonchev–Trinajstić information content (AvgIpc) is 3.17. The molecule has 0 aliphatic carbocycles. The highest BCUT2D eigenvalue weighted by molar-refractivity contribution is 5.93. The van der Waals surface area contributed by atoms with Gasteiger partial charge in [-0.1, -0.05) is 0 Å². The van der Waals surface area contributed by atoms with Crippen molar-refractivity contribution in [1.82, 2.24) is 14.9 Å². The number of carbonyl (C=O) groups excluding carboxylic acids is 1. The van der Waals surface area contributed by atoms with E-state index >= 15 is 0 Å². The fourth-order valence-corrected chi connectivity index (χ4v) is 2.68. The van der Waals surface area contributed by atoms with Gasteiger partial charge in [0.25, 0.3) is 5.91 Å². The summed E-state index contributed by atoms with van der Waals surface area (Å²) in [5, 5.41) is 3.00. The van der Waals surface area contributed by atoms with Crippen molar-refractivity contribution in [3.05, 3.63) is 41.9 Å². The zero-order chi connectivity index (χ0) is 14.8. The average molecular weight is 289 g/mol. The first-order chi connectivity index (χ1) is 10.2. The lowest BCUT2D eigenvalue weighted by atomic mass is 10.1. The van der Waals surface area contributed by atoms with Crippen LogP contribution in [0.3, 0.4) is 0 Å². The topological polar surface area (TPSA) is 69.3 Å². The summed E-state index contributed by atoms with van der Waals surface area (Å²) in [5.74, 6) is 1.02.